The summed E-state index contributed by atoms with van der Waals surface area (Å²) in [5.41, 5.74) is 1.55. The van der Waals surface area contributed by atoms with Gasteiger partial charge in [0.2, 0.25) is 0 Å². The second-order valence-corrected chi connectivity index (χ2v) is 7.28. The minimum absolute atomic E-state index is 0.603. The SMILES string of the molecule is CC(CN1CCCCC1)NCC1CSc2ccccc21. The third-order valence-corrected chi connectivity index (χ3v) is 5.74. The summed E-state index contributed by atoms with van der Waals surface area (Å²) in [5, 5.41) is 3.76. The fourth-order valence-corrected chi connectivity index (χ4v) is 4.59. The van der Waals surface area contributed by atoms with Crippen LogP contribution in [0.4, 0.5) is 0 Å². The van der Waals surface area contributed by atoms with Crippen LogP contribution in [0.15, 0.2) is 29.2 Å². The van der Waals surface area contributed by atoms with Crippen molar-refractivity contribution in [3.05, 3.63) is 29.8 Å². The minimum atomic E-state index is 0.603. The molecule has 2 heterocycles. The maximum atomic E-state index is 3.76. The first-order valence-corrected chi connectivity index (χ1v) is 8.99. The van der Waals surface area contributed by atoms with Gasteiger partial charge in [-0.25, -0.2) is 0 Å². The molecule has 110 valence electrons. The van der Waals surface area contributed by atoms with E-state index in [4.69, 9.17) is 0 Å². The van der Waals surface area contributed by atoms with Crippen molar-refractivity contribution in [2.45, 2.75) is 43.0 Å². The Labute approximate surface area is 127 Å². The molecule has 2 nitrogen and oxygen atoms in total. The van der Waals surface area contributed by atoms with E-state index in [0.29, 0.717) is 12.0 Å². The Bertz CT molecular complexity index is 429. The number of rotatable bonds is 5. The molecule has 20 heavy (non-hydrogen) atoms. The molecule has 0 radical (unpaired) electrons. The fraction of sp³-hybridized carbons (Fsp3) is 0.647. The predicted molar refractivity (Wildman–Crippen MR) is 87.7 cm³/mol. The smallest absolute Gasteiger partial charge is 0.0166 e. The molecular weight excluding hydrogens is 264 g/mol. The van der Waals surface area contributed by atoms with Crippen molar-refractivity contribution in [3.8, 4) is 0 Å². The van der Waals surface area contributed by atoms with Crippen LogP contribution in [0.5, 0.6) is 0 Å². The number of benzene rings is 1. The molecule has 3 heteroatoms. The summed E-state index contributed by atoms with van der Waals surface area (Å²) in [6.45, 7) is 7.27. The minimum Gasteiger partial charge on any atom is -0.312 e. The Morgan fingerprint density at radius 1 is 1.25 bits per heavy atom. The Morgan fingerprint density at radius 2 is 2.05 bits per heavy atom. The van der Waals surface area contributed by atoms with Crippen LogP contribution in [0.1, 0.15) is 37.7 Å². The summed E-state index contributed by atoms with van der Waals surface area (Å²) in [6.07, 6.45) is 4.20. The highest BCUT2D eigenvalue weighted by Crippen LogP contribution is 2.38. The molecule has 1 fully saturated rings. The van der Waals surface area contributed by atoms with Gasteiger partial charge < -0.3 is 10.2 Å². The van der Waals surface area contributed by atoms with Crippen LogP contribution < -0.4 is 5.32 Å². The summed E-state index contributed by atoms with van der Waals surface area (Å²) in [4.78, 5) is 4.11. The first-order valence-electron chi connectivity index (χ1n) is 8.00. The van der Waals surface area contributed by atoms with Gasteiger partial charge in [-0.15, -0.1) is 11.8 Å². The maximum Gasteiger partial charge on any atom is 0.0166 e. The molecule has 0 amide bonds. The molecule has 3 rings (SSSR count). The lowest BCUT2D eigenvalue weighted by atomic mass is 10.0. The van der Waals surface area contributed by atoms with Gasteiger partial charge in [0.05, 0.1) is 0 Å². The van der Waals surface area contributed by atoms with Crippen molar-refractivity contribution >= 4 is 11.8 Å². The molecule has 1 saturated heterocycles. The summed E-state index contributed by atoms with van der Waals surface area (Å²) < 4.78 is 0. The average molecular weight is 290 g/mol. The van der Waals surface area contributed by atoms with Gasteiger partial charge in [0, 0.05) is 35.7 Å². The van der Waals surface area contributed by atoms with E-state index in [0.717, 1.165) is 6.54 Å². The second kappa shape index (κ2) is 6.97. The van der Waals surface area contributed by atoms with Crippen LogP contribution >= 0.6 is 11.8 Å². The average Bonchev–Trinajstić information content (AvgIpc) is 2.89. The highest BCUT2D eigenvalue weighted by molar-refractivity contribution is 7.99. The zero-order valence-electron chi connectivity index (χ0n) is 12.5. The molecule has 0 aliphatic carbocycles. The quantitative estimate of drug-likeness (QED) is 0.895. The van der Waals surface area contributed by atoms with E-state index in [9.17, 15) is 0 Å². The summed E-state index contributed by atoms with van der Waals surface area (Å²) in [6, 6.07) is 9.50. The lowest BCUT2D eigenvalue weighted by molar-refractivity contribution is 0.209. The first kappa shape index (κ1) is 14.4. The third-order valence-electron chi connectivity index (χ3n) is 4.49. The van der Waals surface area contributed by atoms with Crippen LogP contribution in [0, 0.1) is 0 Å². The molecule has 1 N–H and O–H groups in total. The molecule has 2 aliphatic heterocycles. The zero-order valence-corrected chi connectivity index (χ0v) is 13.3. The van der Waals surface area contributed by atoms with Crippen LogP contribution in [0.25, 0.3) is 0 Å². The van der Waals surface area contributed by atoms with Gasteiger partial charge in [-0.3, -0.25) is 0 Å². The van der Waals surface area contributed by atoms with Crippen molar-refractivity contribution in [2.24, 2.45) is 0 Å². The van der Waals surface area contributed by atoms with E-state index in [1.54, 1.807) is 5.56 Å². The molecule has 1 aromatic rings. The van der Waals surface area contributed by atoms with Crippen molar-refractivity contribution in [3.63, 3.8) is 0 Å². The van der Waals surface area contributed by atoms with Gasteiger partial charge in [0.1, 0.15) is 0 Å². The predicted octanol–water partition coefficient (Wildman–Crippen LogP) is 3.34. The fourth-order valence-electron chi connectivity index (χ4n) is 3.34. The molecule has 2 unspecified atom stereocenters. The summed E-state index contributed by atoms with van der Waals surface area (Å²) >= 11 is 2.01. The lowest BCUT2D eigenvalue weighted by Crippen LogP contribution is -2.42. The zero-order chi connectivity index (χ0) is 13.8. The van der Waals surface area contributed by atoms with E-state index < -0.39 is 0 Å². The molecule has 0 spiro atoms. The largest absolute Gasteiger partial charge is 0.312 e. The van der Waals surface area contributed by atoms with Crippen molar-refractivity contribution in [1.82, 2.24) is 10.2 Å². The van der Waals surface area contributed by atoms with E-state index in [-0.39, 0.29) is 0 Å². The Balaban J connectivity index is 1.45. The van der Waals surface area contributed by atoms with Crippen molar-refractivity contribution in [1.29, 1.82) is 0 Å². The van der Waals surface area contributed by atoms with E-state index in [1.807, 2.05) is 11.8 Å². The standard InChI is InChI=1S/C17H26N2S/c1-14(12-19-9-5-2-6-10-19)18-11-15-13-20-17-8-4-3-7-16(15)17/h3-4,7-8,14-15,18H,2,5-6,9-13H2,1H3. The van der Waals surface area contributed by atoms with Gasteiger partial charge in [-0.2, -0.15) is 0 Å². The number of nitrogens with zero attached hydrogens (tertiary/aromatic N) is 1. The molecule has 1 aromatic carbocycles. The molecule has 0 aromatic heterocycles. The number of piperidine rings is 1. The highest BCUT2D eigenvalue weighted by atomic mass is 32.2. The second-order valence-electron chi connectivity index (χ2n) is 6.22. The molecule has 0 saturated carbocycles. The normalized spacial score (nSPS) is 24.6. The number of hydrogen-bond donors (Lipinski definition) is 1. The van der Waals surface area contributed by atoms with Crippen LogP contribution in [0.2, 0.25) is 0 Å². The van der Waals surface area contributed by atoms with E-state index in [1.165, 1.54) is 49.5 Å². The highest BCUT2D eigenvalue weighted by Gasteiger charge is 2.23. The lowest BCUT2D eigenvalue weighted by Gasteiger charge is -2.30. The maximum absolute atomic E-state index is 3.76. The Kier molecular flexibility index (Phi) is 5.03. The third kappa shape index (κ3) is 3.57. The number of fused-ring (bicyclic) bond motifs is 1. The molecule has 2 aliphatic rings. The molecular formula is C17H26N2S. The van der Waals surface area contributed by atoms with Gasteiger partial charge in [-0.05, 0) is 44.5 Å². The summed E-state index contributed by atoms with van der Waals surface area (Å²) in [5.74, 6) is 1.93. The first-order chi connectivity index (χ1) is 9.83. The van der Waals surface area contributed by atoms with Crippen LogP contribution in [-0.2, 0) is 0 Å². The van der Waals surface area contributed by atoms with Crippen molar-refractivity contribution < 1.29 is 0 Å². The van der Waals surface area contributed by atoms with Gasteiger partial charge >= 0.3 is 0 Å². The van der Waals surface area contributed by atoms with Crippen molar-refractivity contribution in [2.75, 3.05) is 31.9 Å². The van der Waals surface area contributed by atoms with Crippen LogP contribution in [-0.4, -0.2) is 42.9 Å². The molecule has 2 atom stereocenters. The number of hydrogen-bond acceptors (Lipinski definition) is 3. The molecule has 0 bridgehead atoms. The topological polar surface area (TPSA) is 15.3 Å². The van der Waals surface area contributed by atoms with Crippen LogP contribution in [0.3, 0.4) is 0 Å². The van der Waals surface area contributed by atoms with E-state index >= 15 is 0 Å². The Morgan fingerprint density at radius 3 is 2.90 bits per heavy atom. The van der Waals surface area contributed by atoms with Gasteiger partial charge in [0.15, 0.2) is 0 Å². The van der Waals surface area contributed by atoms with Gasteiger partial charge in [0.25, 0.3) is 0 Å². The Hall–Kier alpha value is -0.510. The van der Waals surface area contributed by atoms with E-state index in [2.05, 4.69) is 41.4 Å². The number of thioether (sulfide) groups is 1. The summed E-state index contributed by atoms with van der Waals surface area (Å²) in [7, 11) is 0. The monoisotopic (exact) mass is 290 g/mol. The number of nitrogens with one attached hydrogen (secondary N) is 1. The van der Waals surface area contributed by atoms with Gasteiger partial charge in [-0.1, -0.05) is 24.6 Å². The number of likely N-dealkylation sites (tertiary alicyclic amines) is 1.